The van der Waals surface area contributed by atoms with Gasteiger partial charge in [0, 0.05) is 11.4 Å². The Hall–Kier alpha value is -2.14. The predicted octanol–water partition coefficient (Wildman–Crippen LogP) is 2.57. The van der Waals surface area contributed by atoms with Crippen LogP contribution < -0.4 is 10.6 Å². The molecule has 2 aromatic rings. The Morgan fingerprint density at radius 1 is 1.32 bits per heavy atom. The van der Waals surface area contributed by atoms with E-state index in [9.17, 15) is 4.79 Å². The summed E-state index contributed by atoms with van der Waals surface area (Å²) in [6.45, 7) is 4.92. The van der Waals surface area contributed by atoms with Crippen LogP contribution in [0.15, 0.2) is 30.3 Å². The molecule has 0 aliphatic carbocycles. The molecule has 1 saturated heterocycles. The highest BCUT2D eigenvalue weighted by Crippen LogP contribution is 2.18. The smallest absolute Gasteiger partial charge is 0.241 e. The fraction of sp³-hybridized carbons (Fsp3) is 0.412. The second-order valence-electron chi connectivity index (χ2n) is 5.88. The van der Waals surface area contributed by atoms with E-state index in [2.05, 4.69) is 15.7 Å². The quantitative estimate of drug-likeness (QED) is 0.915. The van der Waals surface area contributed by atoms with Crippen LogP contribution in [0, 0.1) is 13.8 Å². The topological polar surface area (TPSA) is 59.0 Å². The van der Waals surface area contributed by atoms with E-state index < -0.39 is 0 Å². The average molecular weight is 298 g/mol. The van der Waals surface area contributed by atoms with Crippen molar-refractivity contribution in [1.82, 2.24) is 15.1 Å². The molecular weight excluding hydrogens is 276 g/mol. The van der Waals surface area contributed by atoms with Crippen LogP contribution in [-0.4, -0.2) is 28.3 Å². The Bertz CT molecular complexity index is 671. The van der Waals surface area contributed by atoms with Gasteiger partial charge in [-0.25, -0.2) is 4.68 Å². The van der Waals surface area contributed by atoms with Gasteiger partial charge in [-0.05, 0) is 57.5 Å². The van der Waals surface area contributed by atoms with Crippen molar-refractivity contribution in [2.45, 2.75) is 39.2 Å². The third kappa shape index (κ3) is 3.20. The fourth-order valence-corrected chi connectivity index (χ4v) is 2.91. The van der Waals surface area contributed by atoms with Crippen molar-refractivity contribution in [2.75, 3.05) is 11.9 Å². The molecular formula is C17H22N4O. The van der Waals surface area contributed by atoms with Gasteiger partial charge in [0.1, 0.15) is 0 Å². The summed E-state index contributed by atoms with van der Waals surface area (Å²) in [6, 6.07) is 9.77. The van der Waals surface area contributed by atoms with Gasteiger partial charge in [0.2, 0.25) is 5.91 Å². The van der Waals surface area contributed by atoms with Crippen molar-refractivity contribution in [3.8, 4) is 5.69 Å². The summed E-state index contributed by atoms with van der Waals surface area (Å²) in [5, 5.41) is 10.8. The Kier molecular flexibility index (Phi) is 4.24. The number of aromatic nitrogens is 2. The van der Waals surface area contributed by atoms with E-state index in [-0.39, 0.29) is 11.9 Å². The number of rotatable bonds is 3. The molecule has 1 amide bonds. The molecule has 2 N–H and O–H groups in total. The Morgan fingerprint density at radius 3 is 2.86 bits per heavy atom. The Labute approximate surface area is 130 Å². The van der Waals surface area contributed by atoms with E-state index in [1.807, 2.05) is 48.9 Å². The number of carbonyl (C=O) groups excluding carboxylic acids is 1. The van der Waals surface area contributed by atoms with E-state index >= 15 is 0 Å². The maximum Gasteiger partial charge on any atom is 0.241 e. The van der Waals surface area contributed by atoms with E-state index in [1.54, 1.807) is 0 Å². The summed E-state index contributed by atoms with van der Waals surface area (Å²) in [7, 11) is 0. The lowest BCUT2D eigenvalue weighted by Crippen LogP contribution is -2.43. The average Bonchev–Trinajstić information content (AvgIpc) is 2.87. The van der Waals surface area contributed by atoms with Gasteiger partial charge >= 0.3 is 0 Å². The minimum atomic E-state index is -0.0777. The van der Waals surface area contributed by atoms with E-state index in [1.165, 1.54) is 0 Å². The van der Waals surface area contributed by atoms with Crippen molar-refractivity contribution in [3.05, 3.63) is 41.7 Å². The highest BCUT2D eigenvalue weighted by Gasteiger charge is 2.20. The molecule has 3 rings (SSSR count). The molecule has 1 aliphatic rings. The van der Waals surface area contributed by atoms with Crippen LogP contribution in [0.5, 0.6) is 0 Å². The molecule has 1 aromatic heterocycles. The van der Waals surface area contributed by atoms with Gasteiger partial charge in [-0.1, -0.05) is 12.5 Å². The van der Waals surface area contributed by atoms with E-state index in [0.29, 0.717) is 0 Å². The summed E-state index contributed by atoms with van der Waals surface area (Å²) in [6.07, 6.45) is 3.16. The third-order valence-corrected chi connectivity index (χ3v) is 3.99. The number of hydrogen-bond donors (Lipinski definition) is 2. The fourth-order valence-electron chi connectivity index (χ4n) is 2.91. The lowest BCUT2D eigenvalue weighted by Gasteiger charge is -2.22. The number of hydrogen-bond acceptors (Lipinski definition) is 3. The van der Waals surface area contributed by atoms with Crippen molar-refractivity contribution in [3.63, 3.8) is 0 Å². The number of nitrogens with one attached hydrogen (secondary N) is 2. The summed E-state index contributed by atoms with van der Waals surface area (Å²) in [5.41, 5.74) is 3.83. The van der Waals surface area contributed by atoms with E-state index in [0.717, 1.165) is 48.6 Å². The number of anilines is 1. The van der Waals surface area contributed by atoms with Gasteiger partial charge in [0.05, 0.1) is 17.4 Å². The Balaban J connectivity index is 1.76. The SMILES string of the molecule is Cc1cc(C)n(-c2cccc(NC(=O)C3CCCCN3)c2)n1. The van der Waals surface area contributed by atoms with Crippen molar-refractivity contribution in [1.29, 1.82) is 0 Å². The molecule has 1 aromatic carbocycles. The molecule has 1 aliphatic heterocycles. The minimum absolute atomic E-state index is 0.0465. The molecule has 22 heavy (non-hydrogen) atoms. The van der Waals surface area contributed by atoms with Crippen molar-refractivity contribution < 1.29 is 4.79 Å². The highest BCUT2D eigenvalue weighted by atomic mass is 16.2. The van der Waals surface area contributed by atoms with Gasteiger partial charge in [0.25, 0.3) is 0 Å². The molecule has 116 valence electrons. The molecule has 1 fully saturated rings. The van der Waals surface area contributed by atoms with Crippen molar-refractivity contribution in [2.24, 2.45) is 0 Å². The van der Waals surface area contributed by atoms with Crippen LogP contribution in [0.2, 0.25) is 0 Å². The number of aryl methyl sites for hydroxylation is 2. The first kappa shape index (κ1) is 14.8. The van der Waals surface area contributed by atoms with Crippen LogP contribution in [0.25, 0.3) is 5.69 Å². The van der Waals surface area contributed by atoms with Crippen LogP contribution in [0.3, 0.4) is 0 Å². The molecule has 1 atom stereocenters. The lowest BCUT2D eigenvalue weighted by molar-refractivity contribution is -0.118. The van der Waals surface area contributed by atoms with Gasteiger partial charge in [0.15, 0.2) is 0 Å². The molecule has 5 heteroatoms. The highest BCUT2D eigenvalue weighted by molar-refractivity contribution is 5.95. The number of carbonyl (C=O) groups is 1. The first-order chi connectivity index (χ1) is 10.6. The molecule has 5 nitrogen and oxygen atoms in total. The van der Waals surface area contributed by atoms with Gasteiger partial charge in [-0.15, -0.1) is 0 Å². The first-order valence-electron chi connectivity index (χ1n) is 7.81. The molecule has 2 heterocycles. The van der Waals surface area contributed by atoms with Crippen LogP contribution in [-0.2, 0) is 4.79 Å². The van der Waals surface area contributed by atoms with Crippen molar-refractivity contribution >= 4 is 11.6 Å². The zero-order valence-electron chi connectivity index (χ0n) is 13.1. The van der Waals surface area contributed by atoms with Crippen LogP contribution in [0.4, 0.5) is 5.69 Å². The molecule has 1 unspecified atom stereocenters. The zero-order chi connectivity index (χ0) is 15.5. The molecule has 0 bridgehead atoms. The number of amides is 1. The second kappa shape index (κ2) is 6.32. The molecule has 0 saturated carbocycles. The maximum atomic E-state index is 12.3. The predicted molar refractivity (Wildman–Crippen MR) is 87.3 cm³/mol. The third-order valence-electron chi connectivity index (χ3n) is 3.99. The largest absolute Gasteiger partial charge is 0.325 e. The van der Waals surface area contributed by atoms with Crippen LogP contribution in [0.1, 0.15) is 30.7 Å². The number of benzene rings is 1. The van der Waals surface area contributed by atoms with Gasteiger partial charge in [-0.3, -0.25) is 4.79 Å². The van der Waals surface area contributed by atoms with Gasteiger partial charge < -0.3 is 10.6 Å². The lowest BCUT2D eigenvalue weighted by atomic mass is 10.0. The number of nitrogens with zero attached hydrogens (tertiary/aromatic N) is 2. The maximum absolute atomic E-state index is 12.3. The minimum Gasteiger partial charge on any atom is -0.325 e. The summed E-state index contributed by atoms with van der Waals surface area (Å²) < 4.78 is 1.89. The van der Waals surface area contributed by atoms with E-state index in [4.69, 9.17) is 0 Å². The Morgan fingerprint density at radius 2 is 2.18 bits per heavy atom. The second-order valence-corrected chi connectivity index (χ2v) is 5.88. The monoisotopic (exact) mass is 298 g/mol. The standard InChI is InChI=1S/C17H22N4O/c1-12-10-13(2)21(20-12)15-7-5-6-14(11-15)19-17(22)16-8-3-4-9-18-16/h5-7,10-11,16,18H,3-4,8-9H2,1-2H3,(H,19,22). The summed E-state index contributed by atoms with van der Waals surface area (Å²) in [4.78, 5) is 12.3. The molecule has 0 spiro atoms. The normalized spacial score (nSPS) is 18.2. The molecule has 0 radical (unpaired) electrons. The van der Waals surface area contributed by atoms with Crippen LogP contribution >= 0.6 is 0 Å². The summed E-state index contributed by atoms with van der Waals surface area (Å²) in [5.74, 6) is 0.0465. The first-order valence-corrected chi connectivity index (χ1v) is 7.81. The zero-order valence-corrected chi connectivity index (χ0v) is 13.1. The number of piperidine rings is 1. The van der Waals surface area contributed by atoms with Gasteiger partial charge in [-0.2, -0.15) is 5.10 Å². The summed E-state index contributed by atoms with van der Waals surface area (Å²) >= 11 is 0.